The van der Waals surface area contributed by atoms with Gasteiger partial charge in [-0.1, -0.05) is 13.0 Å². The minimum atomic E-state index is 0.883. The van der Waals surface area contributed by atoms with Gasteiger partial charge in [-0.25, -0.2) is 0 Å². The molecule has 108 valence electrons. The Labute approximate surface area is 117 Å². The first kappa shape index (κ1) is 16.1. The van der Waals surface area contributed by atoms with E-state index in [2.05, 4.69) is 53.3 Å². The molecule has 1 N–H and O–H groups in total. The molecule has 0 bridgehead atoms. The van der Waals surface area contributed by atoms with E-state index in [4.69, 9.17) is 0 Å². The number of rotatable bonds is 9. The molecule has 0 saturated heterocycles. The lowest BCUT2D eigenvalue weighted by atomic mass is 10.2. The van der Waals surface area contributed by atoms with E-state index in [1.54, 1.807) is 0 Å². The Bertz CT molecular complexity index is 335. The second kappa shape index (κ2) is 9.02. The summed E-state index contributed by atoms with van der Waals surface area (Å²) in [5.41, 5.74) is 2.40. The highest BCUT2D eigenvalue weighted by Crippen LogP contribution is 2.05. The average molecular weight is 264 g/mol. The van der Waals surface area contributed by atoms with Gasteiger partial charge in [0.1, 0.15) is 0 Å². The third-order valence-electron chi connectivity index (χ3n) is 3.18. The first-order valence-electron chi connectivity index (χ1n) is 7.11. The van der Waals surface area contributed by atoms with Gasteiger partial charge in [-0.05, 0) is 58.8 Å². The van der Waals surface area contributed by atoms with Crippen molar-refractivity contribution in [2.45, 2.75) is 26.4 Å². The number of hydrogen-bond donors (Lipinski definition) is 1. The van der Waals surface area contributed by atoms with Crippen LogP contribution in [0.4, 0.5) is 0 Å². The predicted molar refractivity (Wildman–Crippen MR) is 81.1 cm³/mol. The fourth-order valence-electron chi connectivity index (χ4n) is 2.05. The molecule has 1 heterocycles. The van der Waals surface area contributed by atoms with Gasteiger partial charge in [0.05, 0.1) is 5.69 Å². The van der Waals surface area contributed by atoms with Gasteiger partial charge in [-0.15, -0.1) is 0 Å². The van der Waals surface area contributed by atoms with E-state index in [0.29, 0.717) is 0 Å². The maximum absolute atomic E-state index is 4.54. The summed E-state index contributed by atoms with van der Waals surface area (Å²) >= 11 is 0. The largest absolute Gasteiger partial charge is 0.316 e. The second-order valence-electron chi connectivity index (χ2n) is 5.21. The van der Waals surface area contributed by atoms with Crippen molar-refractivity contribution in [1.29, 1.82) is 0 Å². The van der Waals surface area contributed by atoms with E-state index in [-0.39, 0.29) is 0 Å². The molecule has 0 atom stereocenters. The van der Waals surface area contributed by atoms with Gasteiger partial charge in [0.25, 0.3) is 0 Å². The van der Waals surface area contributed by atoms with Crippen LogP contribution in [0.5, 0.6) is 0 Å². The topological polar surface area (TPSA) is 31.4 Å². The van der Waals surface area contributed by atoms with Crippen LogP contribution in [-0.4, -0.2) is 55.6 Å². The van der Waals surface area contributed by atoms with Crippen LogP contribution in [0.3, 0.4) is 0 Å². The fourth-order valence-corrected chi connectivity index (χ4v) is 2.05. The summed E-state index contributed by atoms with van der Waals surface area (Å²) in [6.07, 6.45) is 3.18. The van der Waals surface area contributed by atoms with Gasteiger partial charge in [0.2, 0.25) is 0 Å². The van der Waals surface area contributed by atoms with Crippen molar-refractivity contribution in [2.24, 2.45) is 0 Å². The number of hydrogen-bond acceptors (Lipinski definition) is 4. The van der Waals surface area contributed by atoms with Crippen LogP contribution in [0.25, 0.3) is 0 Å². The number of aromatic nitrogens is 1. The molecule has 0 radical (unpaired) electrons. The van der Waals surface area contributed by atoms with Gasteiger partial charge in [-0.2, -0.15) is 0 Å². The molecule has 0 aromatic carbocycles. The van der Waals surface area contributed by atoms with Gasteiger partial charge in [0.15, 0.2) is 0 Å². The first-order valence-corrected chi connectivity index (χ1v) is 7.11. The smallest absolute Gasteiger partial charge is 0.0544 e. The third-order valence-corrected chi connectivity index (χ3v) is 3.18. The maximum atomic E-state index is 4.54. The number of nitrogens with one attached hydrogen (secondary N) is 1. The Hall–Kier alpha value is -0.970. The summed E-state index contributed by atoms with van der Waals surface area (Å²) in [6, 6.07) is 4.30. The zero-order chi connectivity index (χ0) is 14.1. The highest BCUT2D eigenvalue weighted by atomic mass is 15.1. The lowest BCUT2D eigenvalue weighted by Crippen LogP contribution is -2.27. The molecule has 0 amide bonds. The highest BCUT2D eigenvalue weighted by Gasteiger charge is 2.05. The Morgan fingerprint density at radius 1 is 1.21 bits per heavy atom. The van der Waals surface area contributed by atoms with Crippen LogP contribution in [0.2, 0.25) is 0 Å². The quantitative estimate of drug-likeness (QED) is 0.734. The maximum Gasteiger partial charge on any atom is 0.0544 e. The minimum absolute atomic E-state index is 0.883. The lowest BCUT2D eigenvalue weighted by molar-refractivity contribution is 0.256. The molecule has 0 aliphatic carbocycles. The number of nitrogens with zero attached hydrogens (tertiary/aromatic N) is 3. The molecule has 0 saturated carbocycles. The van der Waals surface area contributed by atoms with Gasteiger partial charge in [-0.3, -0.25) is 9.88 Å². The summed E-state index contributed by atoms with van der Waals surface area (Å²) in [4.78, 5) is 9.22. The monoisotopic (exact) mass is 264 g/mol. The Morgan fingerprint density at radius 3 is 2.53 bits per heavy atom. The molecule has 1 rings (SSSR count). The van der Waals surface area contributed by atoms with Crippen molar-refractivity contribution in [3.05, 3.63) is 29.6 Å². The van der Waals surface area contributed by atoms with Gasteiger partial charge in [0, 0.05) is 19.3 Å². The minimum Gasteiger partial charge on any atom is -0.316 e. The van der Waals surface area contributed by atoms with Crippen molar-refractivity contribution < 1.29 is 0 Å². The zero-order valence-electron chi connectivity index (χ0n) is 12.8. The van der Waals surface area contributed by atoms with Crippen LogP contribution in [0, 0.1) is 0 Å². The molecule has 1 aromatic rings. The van der Waals surface area contributed by atoms with Crippen molar-refractivity contribution in [2.75, 3.05) is 40.8 Å². The lowest BCUT2D eigenvalue weighted by Gasteiger charge is -2.21. The van der Waals surface area contributed by atoms with Crippen molar-refractivity contribution in [1.82, 2.24) is 20.1 Å². The van der Waals surface area contributed by atoms with E-state index in [9.17, 15) is 0 Å². The molecule has 0 spiro atoms. The average Bonchev–Trinajstić information content (AvgIpc) is 2.39. The Balaban J connectivity index is 2.41. The van der Waals surface area contributed by atoms with E-state index < -0.39 is 0 Å². The summed E-state index contributed by atoms with van der Waals surface area (Å²) in [5.74, 6) is 0. The molecule has 4 heteroatoms. The predicted octanol–water partition coefficient (Wildman–Crippen LogP) is 1.57. The summed E-state index contributed by atoms with van der Waals surface area (Å²) < 4.78 is 0. The molecule has 0 fully saturated rings. The first-order chi connectivity index (χ1) is 9.15. The SMILES string of the molecule is CCN(CCCN(C)C)Cc1ccc(CNC)cn1. The standard InChI is InChI=1S/C15H28N4/c1-5-19(10-6-9-18(3)4)13-15-8-7-14(11-16-2)12-17-15/h7-8,12,16H,5-6,9-11,13H2,1-4H3. The molecule has 0 unspecified atom stereocenters. The molecular formula is C15H28N4. The van der Waals surface area contributed by atoms with Gasteiger partial charge >= 0.3 is 0 Å². The third kappa shape index (κ3) is 6.66. The molecular weight excluding hydrogens is 236 g/mol. The Kier molecular flexibility index (Phi) is 7.63. The van der Waals surface area contributed by atoms with Crippen LogP contribution >= 0.6 is 0 Å². The summed E-state index contributed by atoms with van der Waals surface area (Å²) in [6.45, 7) is 7.40. The van der Waals surface area contributed by atoms with Crippen molar-refractivity contribution in [3.63, 3.8) is 0 Å². The van der Waals surface area contributed by atoms with Crippen LogP contribution in [-0.2, 0) is 13.1 Å². The molecule has 1 aromatic heterocycles. The van der Waals surface area contributed by atoms with Crippen molar-refractivity contribution in [3.8, 4) is 0 Å². The Morgan fingerprint density at radius 2 is 2.00 bits per heavy atom. The summed E-state index contributed by atoms with van der Waals surface area (Å²) in [7, 11) is 6.20. The van der Waals surface area contributed by atoms with E-state index >= 15 is 0 Å². The van der Waals surface area contributed by atoms with E-state index in [1.807, 2.05) is 13.2 Å². The molecule has 4 nitrogen and oxygen atoms in total. The zero-order valence-corrected chi connectivity index (χ0v) is 12.8. The fraction of sp³-hybridized carbons (Fsp3) is 0.667. The number of pyridine rings is 1. The van der Waals surface area contributed by atoms with Crippen LogP contribution < -0.4 is 5.32 Å². The van der Waals surface area contributed by atoms with Crippen LogP contribution in [0.1, 0.15) is 24.6 Å². The molecule has 19 heavy (non-hydrogen) atoms. The second-order valence-corrected chi connectivity index (χ2v) is 5.21. The van der Waals surface area contributed by atoms with E-state index in [0.717, 1.165) is 38.4 Å². The van der Waals surface area contributed by atoms with Gasteiger partial charge < -0.3 is 10.2 Å². The highest BCUT2D eigenvalue weighted by molar-refractivity contribution is 5.13. The van der Waals surface area contributed by atoms with E-state index in [1.165, 1.54) is 12.0 Å². The summed E-state index contributed by atoms with van der Waals surface area (Å²) in [5, 5.41) is 3.14. The van der Waals surface area contributed by atoms with Crippen molar-refractivity contribution >= 4 is 0 Å². The molecule has 0 aliphatic rings. The molecule has 0 aliphatic heterocycles. The van der Waals surface area contributed by atoms with Crippen LogP contribution in [0.15, 0.2) is 18.3 Å². The normalized spacial score (nSPS) is 11.5.